The van der Waals surface area contributed by atoms with Gasteiger partial charge in [-0.25, -0.2) is 0 Å². The van der Waals surface area contributed by atoms with Crippen molar-refractivity contribution in [1.82, 2.24) is 0 Å². The van der Waals surface area contributed by atoms with E-state index in [4.69, 9.17) is 0 Å². The summed E-state index contributed by atoms with van der Waals surface area (Å²) in [6.07, 6.45) is 19.7. The maximum absolute atomic E-state index is 2.36. The molecule has 0 N–H and O–H groups in total. The minimum atomic E-state index is 0.500. The summed E-state index contributed by atoms with van der Waals surface area (Å²) in [6.45, 7) is 77.0. The van der Waals surface area contributed by atoms with Gasteiger partial charge in [-0.1, -0.05) is 339 Å². The smallest absolute Gasteiger partial charge is 0.0385 e. The normalized spacial score (nSPS) is 12.1. The van der Waals surface area contributed by atoms with E-state index in [0.29, 0.717) is 16.2 Å². The molecule has 2 aliphatic rings. The standard InChI is InChI=1S/C7H14.C6H12.2C6H14.2C5H12.C4H10.2C3H8.6C2H6/c1-7-5-3-2-4-6-7;1-6-4-2-3-5-6;2*1-5-6(2,3)4;1-5(2,3)4;1-4-5(2)3;1-4(2)3;2*1-3-2;6*1-2/h7H,2-6H2,1H3;6H,2-5H2,1H3;2*5H2,1-4H3;1-4H3;5H,4H2,1-3H3;4H,1-3H3;2*3H2,1-2H3;6*1-2H3. The monoisotopic (exact) mass is 825 g/mol. The molecule has 0 atom stereocenters. The van der Waals surface area contributed by atoms with Gasteiger partial charge in [-0.2, -0.15) is 0 Å². The van der Waals surface area contributed by atoms with Crippen LogP contribution in [0, 0.1) is 39.9 Å². The van der Waals surface area contributed by atoms with E-state index >= 15 is 0 Å². The largest absolute Gasteiger partial charge is 0.0683 e. The molecule has 0 amide bonds. The Morgan fingerprint density at radius 3 is 0.509 bits per heavy atom. The summed E-state index contributed by atoms with van der Waals surface area (Å²) in [5.41, 5.74) is 1.58. The van der Waals surface area contributed by atoms with Gasteiger partial charge in [0.15, 0.2) is 0 Å². The third kappa shape index (κ3) is 309. The first kappa shape index (κ1) is 92.3. The van der Waals surface area contributed by atoms with E-state index in [2.05, 4.69) is 166 Å². The number of hydrogen-bond acceptors (Lipinski definition) is 0. The average molecular weight is 826 g/mol. The van der Waals surface area contributed by atoms with Crippen LogP contribution in [-0.2, 0) is 0 Å². The van der Waals surface area contributed by atoms with Crippen molar-refractivity contribution in [3.8, 4) is 0 Å². The molecule has 0 heteroatoms. The fraction of sp³-hybridized carbons (Fsp3) is 1.00. The van der Waals surface area contributed by atoms with Crippen molar-refractivity contribution < 1.29 is 0 Å². The van der Waals surface area contributed by atoms with Gasteiger partial charge in [0.25, 0.3) is 0 Å². The fourth-order valence-corrected chi connectivity index (χ4v) is 2.44. The quantitative estimate of drug-likeness (QED) is 0.247. The predicted molar refractivity (Wildman–Crippen MR) is 290 cm³/mol. The third-order valence-electron chi connectivity index (χ3n) is 6.48. The highest BCUT2D eigenvalue weighted by molar-refractivity contribution is 4.61. The Balaban J connectivity index is -0.0000000339. The highest BCUT2D eigenvalue weighted by Crippen LogP contribution is 2.23. The molecule has 0 nitrogen and oxygen atoms in total. The van der Waals surface area contributed by atoms with Gasteiger partial charge in [-0.05, 0) is 39.9 Å². The second-order valence-corrected chi connectivity index (χ2v) is 18.9. The molecule has 0 radical (unpaired) electrons. The van der Waals surface area contributed by atoms with Gasteiger partial charge in [-0.15, -0.1) is 0 Å². The lowest BCUT2D eigenvalue weighted by Gasteiger charge is -2.15. The molecule has 0 aromatic rings. The molecule has 0 aromatic carbocycles. The van der Waals surface area contributed by atoms with Gasteiger partial charge in [0.05, 0.1) is 0 Å². The van der Waals surface area contributed by atoms with Crippen molar-refractivity contribution in [3.63, 3.8) is 0 Å². The van der Waals surface area contributed by atoms with Crippen molar-refractivity contribution in [2.24, 2.45) is 39.9 Å². The zero-order valence-corrected chi connectivity index (χ0v) is 49.7. The van der Waals surface area contributed by atoms with E-state index in [0.717, 1.165) is 23.7 Å². The topological polar surface area (TPSA) is 0 Å². The Morgan fingerprint density at radius 2 is 0.474 bits per heavy atom. The van der Waals surface area contributed by atoms with Crippen LogP contribution >= 0.6 is 0 Å². The summed E-state index contributed by atoms with van der Waals surface area (Å²) in [6, 6.07) is 0. The number of rotatable bonds is 1. The molecule has 0 aliphatic heterocycles. The van der Waals surface area contributed by atoms with Crippen molar-refractivity contribution in [3.05, 3.63) is 0 Å². The molecular formula is C57H140. The Kier molecular flexibility index (Phi) is 142. The average Bonchev–Trinajstić information content (AvgIpc) is 3.64. The Morgan fingerprint density at radius 1 is 0.368 bits per heavy atom. The molecule has 0 heterocycles. The van der Waals surface area contributed by atoms with Crippen LogP contribution in [-0.4, -0.2) is 0 Å². The number of hydrogen-bond donors (Lipinski definition) is 0. The molecule has 57 heavy (non-hydrogen) atoms. The van der Waals surface area contributed by atoms with Crippen LogP contribution in [0.4, 0.5) is 0 Å². The van der Waals surface area contributed by atoms with Gasteiger partial charge in [-0.3, -0.25) is 0 Å². The SMILES string of the molecule is CC.CC.CC.CC.CC.CC.CC(C)(C)C.CC(C)C.CC1CCCC1.CC1CCCCC1.CCC.CCC.CCC(C)(C)C.CCC(C)(C)C.CCC(C)C. The Labute approximate surface area is 377 Å². The second kappa shape index (κ2) is 87.5. The van der Waals surface area contributed by atoms with Crippen molar-refractivity contribution in [1.29, 1.82) is 0 Å². The maximum atomic E-state index is 2.36. The molecule has 0 saturated heterocycles. The van der Waals surface area contributed by atoms with E-state index in [9.17, 15) is 0 Å². The van der Waals surface area contributed by atoms with Crippen molar-refractivity contribution in [2.75, 3.05) is 0 Å². The van der Waals surface area contributed by atoms with Gasteiger partial charge in [0.1, 0.15) is 0 Å². The highest BCUT2D eigenvalue weighted by atomic mass is 14.1. The van der Waals surface area contributed by atoms with E-state index < -0.39 is 0 Å². The van der Waals surface area contributed by atoms with E-state index in [-0.39, 0.29) is 0 Å². The van der Waals surface area contributed by atoms with Gasteiger partial charge in [0, 0.05) is 0 Å². The second-order valence-electron chi connectivity index (χ2n) is 18.9. The lowest BCUT2D eigenvalue weighted by atomic mass is 9.91. The lowest BCUT2D eigenvalue weighted by molar-refractivity contribution is 0.385. The summed E-state index contributed by atoms with van der Waals surface area (Å²) in [5.74, 6) is 3.80. The molecule has 2 saturated carbocycles. The summed E-state index contributed by atoms with van der Waals surface area (Å²) >= 11 is 0. The first-order valence-corrected chi connectivity index (χ1v) is 26.2. The minimum absolute atomic E-state index is 0.500. The molecule has 2 rings (SSSR count). The molecule has 2 aliphatic carbocycles. The summed E-state index contributed by atoms with van der Waals surface area (Å²) in [7, 11) is 0. The van der Waals surface area contributed by atoms with E-state index in [1.165, 1.54) is 89.9 Å². The minimum Gasteiger partial charge on any atom is -0.0683 e. The van der Waals surface area contributed by atoms with Crippen LogP contribution in [0.1, 0.15) is 339 Å². The van der Waals surface area contributed by atoms with Crippen LogP contribution < -0.4 is 0 Å². The summed E-state index contributed by atoms with van der Waals surface area (Å²) in [5, 5.41) is 0. The molecule has 0 unspecified atom stereocenters. The third-order valence-corrected chi connectivity index (χ3v) is 6.48. The Hall–Kier alpha value is 0. The van der Waals surface area contributed by atoms with Crippen LogP contribution in [0.3, 0.4) is 0 Å². The van der Waals surface area contributed by atoms with E-state index in [1.807, 2.05) is 83.1 Å². The van der Waals surface area contributed by atoms with Crippen LogP contribution in [0.25, 0.3) is 0 Å². The highest BCUT2D eigenvalue weighted by Gasteiger charge is 2.07. The van der Waals surface area contributed by atoms with Crippen molar-refractivity contribution >= 4 is 0 Å². The van der Waals surface area contributed by atoms with Gasteiger partial charge >= 0.3 is 0 Å². The molecule has 0 aromatic heterocycles. The van der Waals surface area contributed by atoms with Crippen LogP contribution in [0.5, 0.6) is 0 Å². The molecule has 368 valence electrons. The predicted octanol–water partition coefficient (Wildman–Crippen LogP) is 24.4. The molecular weight excluding hydrogens is 685 g/mol. The van der Waals surface area contributed by atoms with Gasteiger partial charge in [0.2, 0.25) is 0 Å². The summed E-state index contributed by atoms with van der Waals surface area (Å²) < 4.78 is 0. The molecule has 2 fully saturated rings. The first-order valence-electron chi connectivity index (χ1n) is 26.2. The zero-order valence-electron chi connectivity index (χ0n) is 49.7. The lowest BCUT2D eigenvalue weighted by Crippen LogP contribution is -2.00. The Bertz CT molecular complexity index is 411. The fourth-order valence-electron chi connectivity index (χ4n) is 2.44. The van der Waals surface area contributed by atoms with Gasteiger partial charge < -0.3 is 0 Å². The van der Waals surface area contributed by atoms with Crippen LogP contribution in [0.15, 0.2) is 0 Å². The van der Waals surface area contributed by atoms with Crippen molar-refractivity contribution in [2.45, 2.75) is 339 Å². The first-order chi connectivity index (χ1) is 26.2. The zero-order chi connectivity index (χ0) is 49.7. The maximum Gasteiger partial charge on any atom is -0.0385 e. The van der Waals surface area contributed by atoms with E-state index in [1.54, 1.807) is 0 Å². The molecule has 0 spiro atoms. The summed E-state index contributed by atoms with van der Waals surface area (Å²) in [4.78, 5) is 0. The molecule has 0 bridgehead atoms. The van der Waals surface area contributed by atoms with Crippen LogP contribution in [0.2, 0.25) is 0 Å².